The number of aromatic nitrogens is 2. The zero-order chi connectivity index (χ0) is 21.2. The van der Waals surface area contributed by atoms with Crippen LogP contribution in [0.5, 0.6) is 0 Å². The first-order chi connectivity index (χ1) is 14.4. The smallest absolute Gasteiger partial charge is 0.297 e. The minimum atomic E-state index is -0.752. The molecule has 5 rings (SSSR count). The Kier molecular flexibility index (Phi) is 4.43. The van der Waals surface area contributed by atoms with Crippen molar-refractivity contribution in [2.45, 2.75) is 19.9 Å². The van der Waals surface area contributed by atoms with Crippen molar-refractivity contribution in [1.29, 1.82) is 0 Å². The third-order valence-electron chi connectivity index (χ3n) is 5.30. The molecule has 4 aromatic rings. The number of halogens is 2. The molecule has 150 valence electrons. The Balaban J connectivity index is 1.85. The second-order valence-electron chi connectivity index (χ2n) is 7.08. The van der Waals surface area contributed by atoms with Gasteiger partial charge in [-0.25, -0.2) is 0 Å². The molecular formula is C21H13Cl2N3O3S. The molecule has 0 fully saturated rings. The van der Waals surface area contributed by atoms with Crippen LogP contribution in [0.25, 0.3) is 11.0 Å². The molecule has 0 saturated carbocycles. The third kappa shape index (κ3) is 2.77. The average molecular weight is 458 g/mol. The maximum absolute atomic E-state index is 13.5. The summed E-state index contributed by atoms with van der Waals surface area (Å²) in [5, 5.41) is 9.38. The van der Waals surface area contributed by atoms with Crippen LogP contribution in [0.3, 0.4) is 0 Å². The van der Waals surface area contributed by atoms with Gasteiger partial charge in [-0.2, -0.15) is 0 Å². The van der Waals surface area contributed by atoms with Gasteiger partial charge in [-0.05, 0) is 54.8 Å². The van der Waals surface area contributed by atoms with Crippen molar-refractivity contribution in [3.05, 3.63) is 84.1 Å². The van der Waals surface area contributed by atoms with Crippen molar-refractivity contribution in [2.75, 3.05) is 4.90 Å². The van der Waals surface area contributed by atoms with Crippen LogP contribution in [-0.2, 0) is 0 Å². The molecule has 0 radical (unpaired) electrons. The Hall–Kier alpha value is -2.74. The molecule has 0 spiro atoms. The van der Waals surface area contributed by atoms with E-state index >= 15 is 0 Å². The lowest BCUT2D eigenvalue weighted by atomic mass is 9.97. The maximum Gasteiger partial charge on any atom is 0.297 e. The lowest BCUT2D eigenvalue weighted by molar-refractivity contribution is 0.0970. The highest BCUT2D eigenvalue weighted by atomic mass is 35.5. The Labute approximate surface area is 184 Å². The van der Waals surface area contributed by atoms with Crippen LogP contribution in [0, 0.1) is 13.8 Å². The van der Waals surface area contributed by atoms with E-state index in [1.165, 1.54) is 21.7 Å². The van der Waals surface area contributed by atoms with Gasteiger partial charge < -0.3 is 4.42 Å². The highest BCUT2D eigenvalue weighted by Crippen LogP contribution is 2.42. The Morgan fingerprint density at radius 2 is 1.83 bits per heavy atom. The molecule has 2 aromatic heterocycles. The van der Waals surface area contributed by atoms with E-state index in [0.29, 0.717) is 31.7 Å². The minimum Gasteiger partial charge on any atom is -0.450 e. The van der Waals surface area contributed by atoms with Gasteiger partial charge in [0.25, 0.3) is 5.91 Å². The van der Waals surface area contributed by atoms with Crippen molar-refractivity contribution < 1.29 is 9.21 Å². The SMILES string of the molecule is Cc1cc2oc3c(c(=O)c2cc1C)C(c1ccc(Cl)c(Cl)c1)N(c1nncs1)C3=O. The van der Waals surface area contributed by atoms with Gasteiger partial charge in [-0.15, -0.1) is 10.2 Å². The predicted molar refractivity (Wildman–Crippen MR) is 117 cm³/mol. The second kappa shape index (κ2) is 6.91. The summed E-state index contributed by atoms with van der Waals surface area (Å²) in [7, 11) is 0. The topological polar surface area (TPSA) is 76.3 Å². The summed E-state index contributed by atoms with van der Waals surface area (Å²) in [4.78, 5) is 28.3. The van der Waals surface area contributed by atoms with Crippen LogP contribution in [0.15, 0.2) is 45.1 Å². The van der Waals surface area contributed by atoms with Crippen molar-refractivity contribution in [2.24, 2.45) is 0 Å². The number of anilines is 1. The molecule has 1 aliphatic heterocycles. The van der Waals surface area contributed by atoms with Crippen LogP contribution in [0.2, 0.25) is 10.0 Å². The van der Waals surface area contributed by atoms with Crippen molar-refractivity contribution in [1.82, 2.24) is 10.2 Å². The molecule has 1 unspecified atom stereocenters. The van der Waals surface area contributed by atoms with Crippen LogP contribution >= 0.6 is 34.5 Å². The second-order valence-corrected chi connectivity index (χ2v) is 8.71. The predicted octanol–water partition coefficient (Wildman–Crippen LogP) is 5.32. The molecule has 2 aromatic carbocycles. The average Bonchev–Trinajstić information content (AvgIpc) is 3.33. The summed E-state index contributed by atoms with van der Waals surface area (Å²) in [5.74, 6) is -0.447. The van der Waals surface area contributed by atoms with E-state index in [4.69, 9.17) is 27.6 Å². The number of benzene rings is 2. The van der Waals surface area contributed by atoms with Crippen molar-refractivity contribution >= 4 is 56.5 Å². The van der Waals surface area contributed by atoms with E-state index in [9.17, 15) is 9.59 Å². The molecule has 0 N–H and O–H groups in total. The van der Waals surface area contributed by atoms with E-state index < -0.39 is 11.9 Å². The molecule has 1 amide bonds. The van der Waals surface area contributed by atoms with Gasteiger partial charge in [0.05, 0.1) is 27.0 Å². The molecule has 1 atom stereocenters. The van der Waals surface area contributed by atoms with Gasteiger partial charge in [0.2, 0.25) is 10.9 Å². The highest BCUT2D eigenvalue weighted by molar-refractivity contribution is 7.13. The van der Waals surface area contributed by atoms with Gasteiger partial charge in [0.15, 0.2) is 5.43 Å². The number of fused-ring (bicyclic) bond motifs is 2. The third-order valence-corrected chi connectivity index (χ3v) is 6.73. The minimum absolute atomic E-state index is 0.00188. The summed E-state index contributed by atoms with van der Waals surface area (Å²) in [6.45, 7) is 3.85. The zero-order valence-electron chi connectivity index (χ0n) is 15.8. The normalized spacial score (nSPS) is 15.8. The van der Waals surface area contributed by atoms with E-state index in [-0.39, 0.29) is 16.8 Å². The number of rotatable bonds is 2. The van der Waals surface area contributed by atoms with Crippen LogP contribution in [0.4, 0.5) is 5.13 Å². The summed E-state index contributed by atoms with van der Waals surface area (Å²) >= 11 is 13.5. The number of carbonyl (C=O) groups excluding carboxylic acids is 1. The van der Waals surface area contributed by atoms with Crippen molar-refractivity contribution in [3.8, 4) is 0 Å². The summed E-state index contributed by atoms with van der Waals surface area (Å²) < 4.78 is 5.97. The van der Waals surface area contributed by atoms with Gasteiger partial charge >= 0.3 is 0 Å². The first-order valence-corrected chi connectivity index (χ1v) is 10.6. The fourth-order valence-corrected chi connectivity index (χ4v) is 4.59. The molecule has 9 heteroatoms. The standard InChI is InChI=1S/C21H13Cl2N3O3S/c1-9-5-12-15(6-10(9)2)29-19-16(18(12)27)17(11-3-4-13(22)14(23)7-11)26(20(19)28)21-25-24-8-30-21/h3-8,17H,1-2H3. The number of hydrogen-bond donors (Lipinski definition) is 0. The summed E-state index contributed by atoms with van der Waals surface area (Å²) in [6.07, 6.45) is 0. The van der Waals surface area contributed by atoms with E-state index in [1.807, 2.05) is 13.8 Å². The lowest BCUT2D eigenvalue weighted by Gasteiger charge is -2.22. The Bertz CT molecular complexity index is 1400. The number of amides is 1. The highest BCUT2D eigenvalue weighted by Gasteiger charge is 2.45. The molecule has 30 heavy (non-hydrogen) atoms. The lowest BCUT2D eigenvalue weighted by Crippen LogP contribution is -2.29. The van der Waals surface area contributed by atoms with E-state index in [0.717, 1.165) is 11.1 Å². The van der Waals surface area contributed by atoms with E-state index in [2.05, 4.69) is 10.2 Å². The molecule has 0 saturated heterocycles. The van der Waals surface area contributed by atoms with Crippen molar-refractivity contribution in [3.63, 3.8) is 0 Å². The molecule has 6 nitrogen and oxygen atoms in total. The quantitative estimate of drug-likeness (QED) is 0.407. The Morgan fingerprint density at radius 3 is 2.53 bits per heavy atom. The van der Waals surface area contributed by atoms with Gasteiger partial charge in [0.1, 0.15) is 11.1 Å². The fraction of sp³-hybridized carbons (Fsp3) is 0.143. The number of hydrogen-bond acceptors (Lipinski definition) is 6. The molecular weight excluding hydrogens is 445 g/mol. The number of carbonyl (C=O) groups is 1. The van der Waals surface area contributed by atoms with Crippen LogP contribution < -0.4 is 10.3 Å². The first-order valence-electron chi connectivity index (χ1n) is 8.99. The molecule has 0 aliphatic carbocycles. The van der Waals surface area contributed by atoms with E-state index in [1.54, 1.807) is 30.3 Å². The summed E-state index contributed by atoms with van der Waals surface area (Å²) in [5.41, 5.74) is 4.46. The number of nitrogens with zero attached hydrogens (tertiary/aromatic N) is 3. The maximum atomic E-state index is 13.5. The van der Waals surface area contributed by atoms with Gasteiger partial charge in [0, 0.05) is 0 Å². The monoisotopic (exact) mass is 457 g/mol. The fourth-order valence-electron chi connectivity index (χ4n) is 3.70. The van der Waals surface area contributed by atoms with Crippen LogP contribution in [0.1, 0.15) is 38.9 Å². The largest absolute Gasteiger partial charge is 0.450 e. The first kappa shape index (κ1) is 19.2. The zero-order valence-corrected chi connectivity index (χ0v) is 18.1. The van der Waals surface area contributed by atoms with Crippen LogP contribution in [-0.4, -0.2) is 16.1 Å². The molecule has 1 aliphatic rings. The Morgan fingerprint density at radius 1 is 1.07 bits per heavy atom. The van der Waals surface area contributed by atoms with Gasteiger partial charge in [-0.1, -0.05) is 40.6 Å². The molecule has 3 heterocycles. The molecule has 0 bridgehead atoms. The van der Waals surface area contributed by atoms with Gasteiger partial charge in [-0.3, -0.25) is 14.5 Å². The summed E-state index contributed by atoms with van der Waals surface area (Å²) in [6, 6.07) is 7.84. The number of aryl methyl sites for hydroxylation is 2.